The van der Waals surface area contributed by atoms with Gasteiger partial charge in [-0.1, -0.05) is 28.9 Å². The molecule has 0 aliphatic carbocycles. The molecule has 8 nitrogen and oxygen atoms in total. The van der Waals surface area contributed by atoms with Crippen LogP contribution in [0, 0.1) is 10.1 Å². The lowest BCUT2D eigenvalue weighted by Crippen LogP contribution is -2.17. The monoisotopic (exact) mass is 308 g/mol. The largest absolute Gasteiger partial charge is 0.437 e. The molecule has 0 radical (unpaired) electrons. The Kier molecular flexibility index (Phi) is 4.19. The number of aromatic nitrogens is 1. The Hall–Kier alpha value is -2.87. The Balaban J connectivity index is 2.43. The molecule has 1 heterocycles. The molecule has 0 saturated carbocycles. The number of hydrogen-bond donors (Lipinski definition) is 2. The van der Waals surface area contributed by atoms with E-state index in [9.17, 15) is 10.1 Å². The normalized spacial score (nSPS) is 11.2. The van der Waals surface area contributed by atoms with Gasteiger partial charge in [-0.05, 0) is 12.1 Å². The van der Waals surface area contributed by atoms with Crippen molar-refractivity contribution < 1.29 is 14.9 Å². The molecule has 0 spiro atoms. The van der Waals surface area contributed by atoms with Crippen LogP contribution in [0.5, 0.6) is 11.6 Å². The number of pyridine rings is 1. The number of nitro groups is 1. The van der Waals surface area contributed by atoms with E-state index in [1.165, 1.54) is 6.07 Å². The van der Waals surface area contributed by atoms with Crippen molar-refractivity contribution in [3.8, 4) is 11.6 Å². The van der Waals surface area contributed by atoms with Gasteiger partial charge in [0.05, 0.1) is 9.95 Å². The summed E-state index contributed by atoms with van der Waals surface area (Å²) < 4.78 is 5.42. The van der Waals surface area contributed by atoms with Gasteiger partial charge in [0.1, 0.15) is 5.75 Å². The Labute approximate surface area is 123 Å². The third-order valence-electron chi connectivity index (χ3n) is 2.45. The average molecular weight is 309 g/mol. The number of oxime groups is 1. The number of benzene rings is 1. The van der Waals surface area contributed by atoms with Gasteiger partial charge in [-0.15, -0.1) is 0 Å². The van der Waals surface area contributed by atoms with Crippen LogP contribution in [0.4, 0.5) is 5.69 Å². The lowest BCUT2D eigenvalue weighted by atomic mass is 10.3. The first-order valence-electron chi connectivity index (χ1n) is 5.58. The Morgan fingerprint density at radius 3 is 2.71 bits per heavy atom. The van der Waals surface area contributed by atoms with Crippen molar-refractivity contribution >= 4 is 23.1 Å². The van der Waals surface area contributed by atoms with Crippen LogP contribution in [0.25, 0.3) is 0 Å². The highest BCUT2D eigenvalue weighted by atomic mass is 35.5. The number of amidine groups is 1. The zero-order chi connectivity index (χ0) is 15.4. The number of para-hydroxylation sites is 1. The first-order valence-corrected chi connectivity index (χ1v) is 5.96. The first kappa shape index (κ1) is 14.5. The lowest BCUT2D eigenvalue weighted by molar-refractivity contribution is -0.385. The van der Waals surface area contributed by atoms with E-state index in [1.54, 1.807) is 24.3 Å². The number of hydrogen-bond acceptors (Lipinski definition) is 6. The van der Waals surface area contributed by atoms with Crippen molar-refractivity contribution in [2.45, 2.75) is 0 Å². The summed E-state index contributed by atoms with van der Waals surface area (Å²) in [7, 11) is 0. The summed E-state index contributed by atoms with van der Waals surface area (Å²) in [5.41, 5.74) is 4.67. The molecule has 0 fully saturated rings. The van der Waals surface area contributed by atoms with Gasteiger partial charge < -0.3 is 15.7 Å². The van der Waals surface area contributed by atoms with Gasteiger partial charge in [-0.25, -0.2) is 4.98 Å². The Morgan fingerprint density at radius 1 is 1.38 bits per heavy atom. The average Bonchev–Trinajstić information content (AvgIpc) is 2.48. The van der Waals surface area contributed by atoms with E-state index < -0.39 is 16.4 Å². The molecule has 3 N–H and O–H groups in total. The molecule has 0 unspecified atom stereocenters. The summed E-state index contributed by atoms with van der Waals surface area (Å²) in [6.07, 6.45) is 0. The highest BCUT2D eigenvalue weighted by molar-refractivity contribution is 6.32. The number of rotatable bonds is 4. The van der Waals surface area contributed by atoms with Crippen LogP contribution >= 0.6 is 11.6 Å². The standard InChI is InChI=1S/C12H9ClN4O4/c13-7-3-1-2-4-9(7)21-10-6-5-8(17(19)20)11(15-10)12(14)16-18/h1-6,18H,(H2,14,16). The molecular formula is C12H9ClN4O4. The summed E-state index contributed by atoms with van der Waals surface area (Å²) in [6.45, 7) is 0. The molecule has 108 valence electrons. The van der Waals surface area contributed by atoms with Crippen LogP contribution in [0.15, 0.2) is 41.6 Å². The molecule has 0 saturated heterocycles. The fourth-order valence-electron chi connectivity index (χ4n) is 1.51. The lowest BCUT2D eigenvalue weighted by Gasteiger charge is -2.07. The summed E-state index contributed by atoms with van der Waals surface area (Å²) in [6, 6.07) is 9.08. The van der Waals surface area contributed by atoms with Gasteiger partial charge in [0.2, 0.25) is 5.88 Å². The van der Waals surface area contributed by atoms with Gasteiger partial charge in [0, 0.05) is 12.1 Å². The van der Waals surface area contributed by atoms with Gasteiger partial charge in [0.15, 0.2) is 11.5 Å². The Morgan fingerprint density at radius 2 is 2.10 bits per heavy atom. The molecule has 1 aromatic heterocycles. The summed E-state index contributed by atoms with van der Waals surface area (Å²) in [5, 5.41) is 22.6. The van der Waals surface area contributed by atoms with Gasteiger partial charge in [-0.3, -0.25) is 10.1 Å². The maximum Gasteiger partial charge on any atom is 0.299 e. The predicted molar refractivity (Wildman–Crippen MR) is 74.9 cm³/mol. The van der Waals surface area contributed by atoms with Crippen molar-refractivity contribution in [3.05, 3.63) is 57.2 Å². The van der Waals surface area contributed by atoms with Crippen LogP contribution in [-0.4, -0.2) is 21.0 Å². The second-order valence-corrected chi connectivity index (χ2v) is 4.20. The number of ether oxygens (including phenoxy) is 1. The molecule has 0 bridgehead atoms. The molecule has 9 heteroatoms. The summed E-state index contributed by atoms with van der Waals surface area (Å²) in [5.74, 6) is -0.146. The molecule has 2 aromatic rings. The minimum Gasteiger partial charge on any atom is -0.437 e. The number of nitrogens with zero attached hydrogens (tertiary/aromatic N) is 3. The number of nitrogens with two attached hydrogens (primary N) is 1. The van der Waals surface area contributed by atoms with Crippen molar-refractivity contribution in [1.29, 1.82) is 0 Å². The molecule has 0 aliphatic heterocycles. The molecule has 1 aromatic carbocycles. The van der Waals surface area contributed by atoms with Crippen LogP contribution in [-0.2, 0) is 0 Å². The van der Waals surface area contributed by atoms with Crippen LogP contribution in [0.1, 0.15) is 5.69 Å². The number of halogens is 1. The van der Waals surface area contributed by atoms with Crippen molar-refractivity contribution in [1.82, 2.24) is 4.98 Å². The zero-order valence-electron chi connectivity index (χ0n) is 10.4. The minimum absolute atomic E-state index is 0.0234. The van der Waals surface area contributed by atoms with E-state index in [0.717, 1.165) is 6.07 Å². The fraction of sp³-hybridized carbons (Fsp3) is 0. The smallest absolute Gasteiger partial charge is 0.299 e. The molecular weight excluding hydrogens is 300 g/mol. The highest BCUT2D eigenvalue weighted by Crippen LogP contribution is 2.29. The third kappa shape index (κ3) is 3.18. The van der Waals surface area contributed by atoms with Crippen LogP contribution in [0.2, 0.25) is 5.02 Å². The van der Waals surface area contributed by atoms with Crippen LogP contribution in [0.3, 0.4) is 0 Å². The molecule has 0 atom stereocenters. The van der Waals surface area contributed by atoms with Gasteiger partial charge in [-0.2, -0.15) is 0 Å². The van der Waals surface area contributed by atoms with Crippen LogP contribution < -0.4 is 10.5 Å². The van der Waals surface area contributed by atoms with E-state index in [0.29, 0.717) is 10.8 Å². The summed E-state index contributed by atoms with van der Waals surface area (Å²) in [4.78, 5) is 14.0. The highest BCUT2D eigenvalue weighted by Gasteiger charge is 2.20. The SMILES string of the molecule is N/C(=N/O)c1nc(Oc2ccccc2Cl)ccc1[N+](=O)[O-]. The second-order valence-electron chi connectivity index (χ2n) is 3.79. The predicted octanol–water partition coefficient (Wildman–Crippen LogP) is 2.53. The van der Waals surface area contributed by atoms with Gasteiger partial charge in [0.25, 0.3) is 5.69 Å². The molecule has 2 rings (SSSR count). The van der Waals surface area contributed by atoms with Crippen molar-refractivity contribution in [2.24, 2.45) is 10.9 Å². The fourth-order valence-corrected chi connectivity index (χ4v) is 1.69. The molecule has 0 aliphatic rings. The quantitative estimate of drug-likeness (QED) is 0.294. The molecule has 0 amide bonds. The van der Waals surface area contributed by atoms with E-state index in [2.05, 4.69) is 10.1 Å². The maximum absolute atomic E-state index is 10.9. The van der Waals surface area contributed by atoms with E-state index in [-0.39, 0.29) is 11.6 Å². The third-order valence-corrected chi connectivity index (χ3v) is 2.76. The summed E-state index contributed by atoms with van der Waals surface area (Å²) >= 11 is 5.94. The van der Waals surface area contributed by atoms with E-state index in [1.807, 2.05) is 0 Å². The topological polar surface area (TPSA) is 124 Å². The van der Waals surface area contributed by atoms with Crippen molar-refractivity contribution in [2.75, 3.05) is 0 Å². The molecule has 21 heavy (non-hydrogen) atoms. The van der Waals surface area contributed by atoms with E-state index >= 15 is 0 Å². The first-order chi connectivity index (χ1) is 10.0. The second kappa shape index (κ2) is 6.06. The van der Waals surface area contributed by atoms with Crippen molar-refractivity contribution in [3.63, 3.8) is 0 Å². The maximum atomic E-state index is 10.9. The Bertz CT molecular complexity index is 720. The van der Waals surface area contributed by atoms with E-state index in [4.69, 9.17) is 27.3 Å². The zero-order valence-corrected chi connectivity index (χ0v) is 11.2. The minimum atomic E-state index is -0.695. The van der Waals surface area contributed by atoms with Gasteiger partial charge >= 0.3 is 0 Å².